The Morgan fingerprint density at radius 1 is 1.06 bits per heavy atom. The highest BCUT2D eigenvalue weighted by Gasteiger charge is 2.41. The second kappa shape index (κ2) is 3.99. The second-order valence-corrected chi connectivity index (χ2v) is 7.25. The van der Waals surface area contributed by atoms with Crippen molar-refractivity contribution in [3.63, 3.8) is 0 Å². The van der Waals surface area contributed by atoms with Crippen LogP contribution in [0.4, 0.5) is 0 Å². The minimum atomic E-state index is -0.0926. The Kier molecular flexibility index (Phi) is 3.09. The van der Waals surface area contributed by atoms with E-state index in [2.05, 4.69) is 32.6 Å². The molecule has 2 rings (SSSR count). The zero-order chi connectivity index (χ0) is 12.0. The van der Waals surface area contributed by atoms with Gasteiger partial charge in [-0.25, -0.2) is 0 Å². The Bertz CT molecular complexity index is 240. The van der Waals surface area contributed by atoms with Crippen molar-refractivity contribution in [2.24, 2.45) is 23.0 Å². The Labute approximate surface area is 101 Å². The molecule has 2 fully saturated rings. The number of likely N-dealkylation sites (tertiary alicyclic amines) is 1. The van der Waals surface area contributed by atoms with E-state index in [0.717, 1.165) is 18.4 Å². The van der Waals surface area contributed by atoms with Crippen molar-refractivity contribution in [3.8, 4) is 0 Å². The summed E-state index contributed by atoms with van der Waals surface area (Å²) < 4.78 is 0. The van der Waals surface area contributed by atoms with Crippen molar-refractivity contribution < 1.29 is 0 Å². The van der Waals surface area contributed by atoms with Crippen LogP contribution in [0.3, 0.4) is 0 Å². The molecular weight excluding hydrogens is 196 g/mol. The van der Waals surface area contributed by atoms with E-state index in [0.29, 0.717) is 0 Å². The summed E-state index contributed by atoms with van der Waals surface area (Å²) in [5, 5.41) is 0. The molecule has 2 nitrogen and oxygen atoms in total. The SMILES string of the molecule is CC(C)(N)C(C)(C)CN1CC2CCCC2C1. The van der Waals surface area contributed by atoms with Gasteiger partial charge in [0, 0.05) is 25.2 Å². The van der Waals surface area contributed by atoms with Crippen molar-refractivity contribution in [2.75, 3.05) is 19.6 Å². The summed E-state index contributed by atoms with van der Waals surface area (Å²) in [5.41, 5.74) is 6.39. The van der Waals surface area contributed by atoms with Gasteiger partial charge in [0.1, 0.15) is 0 Å². The first-order chi connectivity index (χ1) is 7.29. The monoisotopic (exact) mass is 224 g/mol. The minimum absolute atomic E-state index is 0.0926. The van der Waals surface area contributed by atoms with E-state index in [1.807, 2.05) is 0 Å². The van der Waals surface area contributed by atoms with Crippen LogP contribution in [0, 0.1) is 17.3 Å². The molecule has 2 N–H and O–H groups in total. The number of nitrogens with two attached hydrogens (primary N) is 1. The summed E-state index contributed by atoms with van der Waals surface area (Å²) in [6.07, 6.45) is 4.40. The average molecular weight is 224 g/mol. The van der Waals surface area contributed by atoms with Crippen molar-refractivity contribution in [1.82, 2.24) is 4.90 Å². The first kappa shape index (κ1) is 12.4. The Morgan fingerprint density at radius 3 is 2.00 bits per heavy atom. The number of nitrogens with zero attached hydrogens (tertiary/aromatic N) is 1. The molecular formula is C14H28N2. The van der Waals surface area contributed by atoms with Gasteiger partial charge in [0.15, 0.2) is 0 Å². The lowest BCUT2D eigenvalue weighted by Crippen LogP contribution is -2.52. The standard InChI is InChI=1S/C14H28N2/c1-13(2,14(3,4)15)10-16-8-11-6-5-7-12(11)9-16/h11-12H,5-10,15H2,1-4H3. The highest BCUT2D eigenvalue weighted by molar-refractivity contribution is 4.96. The third-order valence-corrected chi connectivity index (χ3v) is 5.17. The van der Waals surface area contributed by atoms with Crippen LogP contribution in [0.2, 0.25) is 0 Å². The molecule has 16 heavy (non-hydrogen) atoms. The van der Waals surface area contributed by atoms with Crippen LogP contribution in [-0.4, -0.2) is 30.1 Å². The molecule has 2 aliphatic rings. The van der Waals surface area contributed by atoms with Gasteiger partial charge in [-0.2, -0.15) is 0 Å². The first-order valence-electron chi connectivity index (χ1n) is 6.81. The zero-order valence-corrected chi connectivity index (χ0v) is 11.4. The molecule has 2 heteroatoms. The summed E-state index contributed by atoms with van der Waals surface area (Å²) in [7, 11) is 0. The first-order valence-corrected chi connectivity index (χ1v) is 6.81. The van der Waals surface area contributed by atoms with E-state index in [1.54, 1.807) is 0 Å². The molecule has 1 saturated carbocycles. The van der Waals surface area contributed by atoms with E-state index in [1.165, 1.54) is 32.4 Å². The van der Waals surface area contributed by atoms with Crippen molar-refractivity contribution in [2.45, 2.75) is 52.5 Å². The fourth-order valence-electron chi connectivity index (χ4n) is 3.22. The molecule has 0 bridgehead atoms. The minimum Gasteiger partial charge on any atom is -0.325 e. The molecule has 1 saturated heterocycles. The molecule has 0 spiro atoms. The van der Waals surface area contributed by atoms with Crippen molar-refractivity contribution >= 4 is 0 Å². The van der Waals surface area contributed by atoms with Gasteiger partial charge in [0.2, 0.25) is 0 Å². The molecule has 2 unspecified atom stereocenters. The molecule has 94 valence electrons. The molecule has 0 aromatic carbocycles. The van der Waals surface area contributed by atoms with Crippen LogP contribution in [0.25, 0.3) is 0 Å². The van der Waals surface area contributed by atoms with Gasteiger partial charge in [-0.15, -0.1) is 0 Å². The smallest absolute Gasteiger partial charge is 0.0161 e. The van der Waals surface area contributed by atoms with Crippen LogP contribution in [0.1, 0.15) is 47.0 Å². The lowest BCUT2D eigenvalue weighted by Gasteiger charge is -2.41. The van der Waals surface area contributed by atoms with Gasteiger partial charge < -0.3 is 10.6 Å². The Morgan fingerprint density at radius 2 is 1.56 bits per heavy atom. The van der Waals surface area contributed by atoms with E-state index < -0.39 is 0 Å². The Balaban J connectivity index is 1.92. The van der Waals surface area contributed by atoms with E-state index >= 15 is 0 Å². The predicted molar refractivity (Wildman–Crippen MR) is 69.3 cm³/mol. The fourth-order valence-corrected chi connectivity index (χ4v) is 3.22. The number of hydrogen-bond acceptors (Lipinski definition) is 2. The third-order valence-electron chi connectivity index (χ3n) is 5.17. The molecule has 0 radical (unpaired) electrons. The fraction of sp³-hybridized carbons (Fsp3) is 1.00. The zero-order valence-electron chi connectivity index (χ0n) is 11.4. The Hall–Kier alpha value is -0.0800. The molecule has 1 heterocycles. The van der Waals surface area contributed by atoms with Crippen LogP contribution < -0.4 is 5.73 Å². The summed E-state index contributed by atoms with van der Waals surface area (Å²) in [6.45, 7) is 12.7. The van der Waals surface area contributed by atoms with Gasteiger partial charge in [0.25, 0.3) is 0 Å². The normalized spacial score (nSPS) is 32.1. The molecule has 0 aromatic rings. The van der Waals surface area contributed by atoms with E-state index in [-0.39, 0.29) is 11.0 Å². The van der Waals surface area contributed by atoms with Gasteiger partial charge in [-0.1, -0.05) is 20.3 Å². The summed E-state index contributed by atoms with van der Waals surface area (Å²) in [6, 6.07) is 0. The maximum atomic E-state index is 6.28. The third kappa shape index (κ3) is 2.28. The van der Waals surface area contributed by atoms with Gasteiger partial charge in [0.05, 0.1) is 0 Å². The summed E-state index contributed by atoms with van der Waals surface area (Å²) in [5.74, 6) is 1.99. The summed E-state index contributed by atoms with van der Waals surface area (Å²) >= 11 is 0. The maximum absolute atomic E-state index is 6.28. The molecule has 2 atom stereocenters. The highest BCUT2D eigenvalue weighted by atomic mass is 15.2. The van der Waals surface area contributed by atoms with Gasteiger partial charge in [-0.05, 0) is 43.9 Å². The molecule has 1 aliphatic heterocycles. The lowest BCUT2D eigenvalue weighted by atomic mass is 9.75. The quantitative estimate of drug-likeness (QED) is 0.798. The van der Waals surface area contributed by atoms with E-state index in [9.17, 15) is 0 Å². The topological polar surface area (TPSA) is 29.3 Å². The van der Waals surface area contributed by atoms with Crippen molar-refractivity contribution in [1.29, 1.82) is 0 Å². The highest BCUT2D eigenvalue weighted by Crippen LogP contribution is 2.39. The molecule has 0 aromatic heterocycles. The maximum Gasteiger partial charge on any atom is 0.0161 e. The van der Waals surface area contributed by atoms with Crippen molar-refractivity contribution in [3.05, 3.63) is 0 Å². The largest absolute Gasteiger partial charge is 0.325 e. The van der Waals surface area contributed by atoms with Gasteiger partial charge in [-0.3, -0.25) is 0 Å². The second-order valence-electron chi connectivity index (χ2n) is 7.25. The van der Waals surface area contributed by atoms with Crippen LogP contribution in [0.15, 0.2) is 0 Å². The molecule has 1 aliphatic carbocycles. The van der Waals surface area contributed by atoms with Crippen LogP contribution in [0.5, 0.6) is 0 Å². The lowest BCUT2D eigenvalue weighted by molar-refractivity contribution is 0.124. The number of rotatable bonds is 3. The van der Waals surface area contributed by atoms with Gasteiger partial charge >= 0.3 is 0 Å². The number of hydrogen-bond donors (Lipinski definition) is 1. The number of fused-ring (bicyclic) bond motifs is 1. The predicted octanol–water partition coefficient (Wildman–Crippen LogP) is 2.48. The van der Waals surface area contributed by atoms with E-state index in [4.69, 9.17) is 5.73 Å². The summed E-state index contributed by atoms with van der Waals surface area (Å²) in [4.78, 5) is 2.66. The van der Waals surface area contributed by atoms with Crippen LogP contribution >= 0.6 is 0 Å². The average Bonchev–Trinajstić information content (AvgIpc) is 2.59. The van der Waals surface area contributed by atoms with Crippen LogP contribution in [-0.2, 0) is 0 Å². The molecule has 0 amide bonds.